The summed E-state index contributed by atoms with van der Waals surface area (Å²) in [5.41, 5.74) is -0.904. The first-order valence-electron chi connectivity index (χ1n) is 9.44. The van der Waals surface area contributed by atoms with Gasteiger partial charge >= 0.3 is 6.16 Å². The van der Waals surface area contributed by atoms with E-state index in [0.717, 1.165) is 4.68 Å². The van der Waals surface area contributed by atoms with Crippen LogP contribution in [-0.2, 0) is 0 Å². The molecule has 1 aliphatic heterocycles. The van der Waals surface area contributed by atoms with Crippen molar-refractivity contribution in [1.29, 1.82) is 0 Å². The third kappa shape index (κ3) is 3.54. The van der Waals surface area contributed by atoms with Crippen LogP contribution in [0.4, 0.5) is 4.79 Å². The summed E-state index contributed by atoms with van der Waals surface area (Å²) in [4.78, 5) is 23.4. The molecule has 160 valence electrons. The van der Waals surface area contributed by atoms with Crippen molar-refractivity contribution in [1.82, 2.24) is 9.78 Å². The van der Waals surface area contributed by atoms with Crippen LogP contribution in [0.15, 0.2) is 65.5 Å². The van der Waals surface area contributed by atoms with Crippen LogP contribution < -0.4 is 15.0 Å². The molecule has 1 unspecified atom stereocenters. The number of carboxylic acid groups (broad SMARTS) is 1. The summed E-state index contributed by atoms with van der Waals surface area (Å²) < 4.78 is 11.7. The van der Waals surface area contributed by atoms with E-state index in [4.69, 9.17) is 14.6 Å². The van der Waals surface area contributed by atoms with Gasteiger partial charge in [0.1, 0.15) is 11.5 Å². The van der Waals surface area contributed by atoms with Crippen molar-refractivity contribution in [2.24, 2.45) is 0 Å². The Morgan fingerprint density at radius 3 is 2.48 bits per heavy atom. The summed E-state index contributed by atoms with van der Waals surface area (Å²) in [5, 5.41) is 35.5. The van der Waals surface area contributed by atoms with Gasteiger partial charge in [-0.15, -0.1) is 0 Å². The zero-order valence-electron chi connectivity index (χ0n) is 16.7. The van der Waals surface area contributed by atoms with E-state index in [0.29, 0.717) is 11.4 Å². The SMILES string of the molecule is CC1(C)Oc2ccc(OC(=O)O)cc2C(c2ccc(=O)n(-c3ccccc3)n2)C1(O)O. The van der Waals surface area contributed by atoms with Crippen molar-refractivity contribution in [3.05, 3.63) is 82.3 Å². The normalized spacial score (nSPS) is 18.5. The van der Waals surface area contributed by atoms with E-state index in [1.807, 2.05) is 0 Å². The number of fused-ring (bicyclic) bond motifs is 1. The summed E-state index contributed by atoms with van der Waals surface area (Å²) in [7, 11) is 0. The minimum Gasteiger partial charge on any atom is -0.482 e. The van der Waals surface area contributed by atoms with Gasteiger partial charge in [0.05, 0.1) is 17.3 Å². The Morgan fingerprint density at radius 2 is 1.81 bits per heavy atom. The molecule has 0 saturated heterocycles. The van der Waals surface area contributed by atoms with Crippen LogP contribution in [0.1, 0.15) is 31.0 Å². The lowest BCUT2D eigenvalue weighted by molar-refractivity contribution is -0.269. The van der Waals surface area contributed by atoms with Crippen LogP contribution in [0, 0.1) is 0 Å². The molecule has 4 rings (SSSR count). The van der Waals surface area contributed by atoms with Gasteiger partial charge in [0.2, 0.25) is 5.79 Å². The lowest BCUT2D eigenvalue weighted by Crippen LogP contribution is -2.60. The van der Waals surface area contributed by atoms with E-state index in [9.17, 15) is 19.8 Å². The number of hydrogen-bond acceptors (Lipinski definition) is 7. The third-order valence-electron chi connectivity index (χ3n) is 5.27. The molecule has 0 fully saturated rings. The molecule has 31 heavy (non-hydrogen) atoms. The molecule has 9 nitrogen and oxygen atoms in total. The molecule has 0 bridgehead atoms. The number of aliphatic hydroxyl groups is 2. The van der Waals surface area contributed by atoms with Gasteiger partial charge in [-0.1, -0.05) is 18.2 Å². The van der Waals surface area contributed by atoms with Crippen LogP contribution >= 0.6 is 0 Å². The van der Waals surface area contributed by atoms with Crippen LogP contribution in [0.2, 0.25) is 0 Å². The van der Waals surface area contributed by atoms with E-state index in [1.165, 1.54) is 44.2 Å². The minimum atomic E-state index is -2.45. The first-order valence-corrected chi connectivity index (χ1v) is 9.44. The maximum Gasteiger partial charge on any atom is 0.511 e. The van der Waals surface area contributed by atoms with Crippen LogP contribution in [0.25, 0.3) is 5.69 Å². The maximum absolute atomic E-state index is 12.4. The second-order valence-corrected chi connectivity index (χ2v) is 7.68. The molecule has 1 aliphatic rings. The molecule has 1 atom stereocenters. The highest BCUT2D eigenvalue weighted by Gasteiger charge is 2.56. The van der Waals surface area contributed by atoms with Gasteiger partial charge in [-0.05, 0) is 50.2 Å². The second kappa shape index (κ2) is 7.22. The zero-order valence-corrected chi connectivity index (χ0v) is 16.7. The number of ether oxygens (including phenoxy) is 2. The predicted molar refractivity (Wildman–Crippen MR) is 109 cm³/mol. The van der Waals surface area contributed by atoms with E-state index in [-0.39, 0.29) is 17.0 Å². The van der Waals surface area contributed by atoms with E-state index < -0.39 is 29.0 Å². The molecule has 0 spiro atoms. The van der Waals surface area contributed by atoms with Crippen LogP contribution in [-0.4, -0.2) is 42.6 Å². The van der Waals surface area contributed by atoms with Crippen LogP contribution in [0.5, 0.6) is 11.5 Å². The fourth-order valence-corrected chi connectivity index (χ4v) is 3.62. The molecule has 1 aromatic heterocycles. The summed E-state index contributed by atoms with van der Waals surface area (Å²) in [6.07, 6.45) is -1.51. The number of benzene rings is 2. The van der Waals surface area contributed by atoms with Gasteiger partial charge in [0, 0.05) is 11.6 Å². The van der Waals surface area contributed by atoms with Gasteiger partial charge < -0.3 is 24.8 Å². The largest absolute Gasteiger partial charge is 0.511 e. The minimum absolute atomic E-state index is 0.0215. The second-order valence-electron chi connectivity index (χ2n) is 7.68. The Morgan fingerprint density at radius 1 is 1.10 bits per heavy atom. The zero-order chi connectivity index (χ0) is 22.4. The number of hydrogen-bond donors (Lipinski definition) is 3. The lowest BCUT2D eigenvalue weighted by Gasteiger charge is -2.47. The van der Waals surface area contributed by atoms with Crippen molar-refractivity contribution in [3.63, 3.8) is 0 Å². The molecule has 9 heteroatoms. The van der Waals surface area contributed by atoms with Gasteiger partial charge in [-0.25, -0.2) is 4.79 Å². The molecule has 0 saturated carbocycles. The van der Waals surface area contributed by atoms with Gasteiger partial charge in [-0.2, -0.15) is 9.78 Å². The van der Waals surface area contributed by atoms with Crippen molar-refractivity contribution in [2.45, 2.75) is 31.2 Å². The van der Waals surface area contributed by atoms with Gasteiger partial charge in [-0.3, -0.25) is 4.79 Å². The Bertz CT molecular complexity index is 1200. The molecule has 0 radical (unpaired) electrons. The van der Waals surface area contributed by atoms with Crippen molar-refractivity contribution in [3.8, 4) is 17.2 Å². The quantitative estimate of drug-likeness (QED) is 0.332. The highest BCUT2D eigenvalue weighted by Crippen LogP contribution is 2.49. The Hall–Kier alpha value is -3.69. The first kappa shape index (κ1) is 20.6. The Kier molecular flexibility index (Phi) is 4.79. The topological polar surface area (TPSA) is 131 Å². The highest BCUT2D eigenvalue weighted by atomic mass is 16.7. The molecule has 0 aliphatic carbocycles. The number of nitrogens with zero attached hydrogens (tertiary/aromatic N) is 2. The number of carbonyl (C=O) groups is 1. The maximum atomic E-state index is 12.4. The van der Waals surface area contributed by atoms with E-state index >= 15 is 0 Å². The fourth-order valence-electron chi connectivity index (χ4n) is 3.62. The average Bonchev–Trinajstić information content (AvgIpc) is 2.70. The Balaban J connectivity index is 1.93. The number of aromatic nitrogens is 2. The molecule has 2 aromatic carbocycles. The lowest BCUT2D eigenvalue weighted by atomic mass is 9.76. The predicted octanol–water partition coefficient (Wildman–Crippen LogP) is 2.27. The molecule has 0 amide bonds. The number of rotatable bonds is 3. The summed E-state index contributed by atoms with van der Waals surface area (Å²) in [6.45, 7) is 3.02. The highest BCUT2D eigenvalue weighted by molar-refractivity contribution is 5.62. The number of para-hydroxylation sites is 1. The van der Waals surface area contributed by atoms with E-state index in [2.05, 4.69) is 5.10 Å². The monoisotopic (exact) mass is 424 g/mol. The molecule has 2 heterocycles. The van der Waals surface area contributed by atoms with Crippen molar-refractivity contribution < 1.29 is 29.6 Å². The van der Waals surface area contributed by atoms with Crippen LogP contribution in [0.3, 0.4) is 0 Å². The van der Waals surface area contributed by atoms with Crippen molar-refractivity contribution in [2.75, 3.05) is 0 Å². The van der Waals surface area contributed by atoms with E-state index in [1.54, 1.807) is 30.3 Å². The standard InChI is InChI=1S/C22H20N2O7/c1-21(2)22(28,29)19(15-12-14(30-20(26)27)8-10-17(15)31-21)16-9-11-18(25)24(23-16)13-6-4-3-5-7-13/h3-12,19,28-29H,1-2H3,(H,26,27). The third-order valence-corrected chi connectivity index (χ3v) is 5.27. The summed E-state index contributed by atoms with van der Waals surface area (Å²) in [5.74, 6) is -3.33. The average molecular weight is 424 g/mol. The molecular weight excluding hydrogens is 404 g/mol. The first-order chi connectivity index (χ1) is 14.6. The smallest absolute Gasteiger partial charge is 0.482 e. The molecule has 3 N–H and O–H groups in total. The summed E-state index contributed by atoms with van der Waals surface area (Å²) >= 11 is 0. The molecular formula is C22H20N2O7. The van der Waals surface area contributed by atoms with Gasteiger partial charge in [0.15, 0.2) is 5.60 Å². The van der Waals surface area contributed by atoms with Gasteiger partial charge in [0.25, 0.3) is 5.56 Å². The molecule has 3 aromatic rings. The fraction of sp³-hybridized carbons (Fsp3) is 0.227. The Labute approximate surface area is 176 Å². The summed E-state index contributed by atoms with van der Waals surface area (Å²) in [6, 6.07) is 15.6. The van der Waals surface area contributed by atoms with Crippen molar-refractivity contribution >= 4 is 6.16 Å².